The second kappa shape index (κ2) is 4.53. The maximum absolute atomic E-state index is 6.07. The van der Waals surface area contributed by atoms with Crippen LogP contribution in [-0.2, 0) is 13.0 Å². The van der Waals surface area contributed by atoms with Gasteiger partial charge in [0.15, 0.2) is 0 Å². The van der Waals surface area contributed by atoms with Gasteiger partial charge in [-0.05, 0) is 43.5 Å². The lowest BCUT2D eigenvalue weighted by molar-refractivity contribution is 0.705. The van der Waals surface area contributed by atoms with E-state index in [1.165, 1.54) is 11.1 Å². The van der Waals surface area contributed by atoms with Gasteiger partial charge in [0.25, 0.3) is 0 Å². The third kappa shape index (κ3) is 2.26. The standard InChI is InChI=1S/C15H18N4/c1-10-8-11(2)18-15(17-10)19-7-6-12-4-3-5-14(16)13(12)9-19/h3-5,8H,6-7,9,16H2,1-2H3. The lowest BCUT2D eigenvalue weighted by atomic mass is 9.98. The van der Waals surface area contributed by atoms with E-state index in [1.807, 2.05) is 32.0 Å². The summed E-state index contributed by atoms with van der Waals surface area (Å²) in [4.78, 5) is 11.3. The van der Waals surface area contributed by atoms with Gasteiger partial charge in [0.05, 0.1) is 0 Å². The number of aryl methyl sites for hydroxylation is 2. The largest absolute Gasteiger partial charge is 0.398 e. The van der Waals surface area contributed by atoms with Gasteiger partial charge in [-0.15, -0.1) is 0 Å². The highest BCUT2D eigenvalue weighted by Crippen LogP contribution is 2.26. The summed E-state index contributed by atoms with van der Waals surface area (Å²) in [6, 6.07) is 8.14. The van der Waals surface area contributed by atoms with Gasteiger partial charge in [-0.25, -0.2) is 9.97 Å². The molecule has 1 aromatic carbocycles. The van der Waals surface area contributed by atoms with E-state index in [4.69, 9.17) is 5.73 Å². The Morgan fingerprint density at radius 1 is 1.16 bits per heavy atom. The molecule has 98 valence electrons. The molecule has 19 heavy (non-hydrogen) atoms. The van der Waals surface area contributed by atoms with Crippen LogP contribution in [0.1, 0.15) is 22.5 Å². The fourth-order valence-electron chi connectivity index (χ4n) is 2.63. The molecule has 3 rings (SSSR count). The Morgan fingerprint density at radius 3 is 2.63 bits per heavy atom. The molecular weight excluding hydrogens is 236 g/mol. The van der Waals surface area contributed by atoms with Crippen LogP contribution in [0.25, 0.3) is 0 Å². The van der Waals surface area contributed by atoms with Crippen molar-refractivity contribution in [1.82, 2.24) is 9.97 Å². The molecule has 2 aromatic rings. The number of benzene rings is 1. The van der Waals surface area contributed by atoms with Gasteiger partial charge in [-0.3, -0.25) is 0 Å². The minimum Gasteiger partial charge on any atom is -0.398 e. The molecule has 0 aliphatic carbocycles. The van der Waals surface area contributed by atoms with Gasteiger partial charge in [0.2, 0.25) is 5.95 Å². The number of nitrogens with two attached hydrogens (primary N) is 1. The van der Waals surface area contributed by atoms with E-state index in [1.54, 1.807) is 0 Å². The molecular formula is C15H18N4. The smallest absolute Gasteiger partial charge is 0.226 e. The first-order valence-electron chi connectivity index (χ1n) is 6.57. The molecule has 0 fully saturated rings. The highest BCUT2D eigenvalue weighted by Gasteiger charge is 2.20. The van der Waals surface area contributed by atoms with Crippen molar-refractivity contribution in [2.45, 2.75) is 26.8 Å². The number of rotatable bonds is 1. The number of nitrogens with zero attached hydrogens (tertiary/aromatic N) is 3. The minimum atomic E-state index is 0.797. The first-order chi connectivity index (χ1) is 9.13. The molecule has 2 N–H and O–H groups in total. The van der Waals surface area contributed by atoms with E-state index < -0.39 is 0 Å². The molecule has 0 amide bonds. The van der Waals surface area contributed by atoms with Crippen molar-refractivity contribution in [2.75, 3.05) is 17.2 Å². The molecule has 0 bridgehead atoms. The van der Waals surface area contributed by atoms with Crippen LogP contribution in [0.4, 0.5) is 11.6 Å². The number of aromatic nitrogens is 2. The number of hydrogen-bond donors (Lipinski definition) is 1. The van der Waals surface area contributed by atoms with E-state index in [-0.39, 0.29) is 0 Å². The number of anilines is 2. The zero-order chi connectivity index (χ0) is 13.4. The number of fused-ring (bicyclic) bond motifs is 1. The highest BCUT2D eigenvalue weighted by molar-refractivity contribution is 5.54. The van der Waals surface area contributed by atoms with Crippen LogP contribution in [0.15, 0.2) is 24.3 Å². The summed E-state index contributed by atoms with van der Waals surface area (Å²) in [5.41, 5.74) is 11.5. The SMILES string of the molecule is Cc1cc(C)nc(N2CCc3cccc(N)c3C2)n1. The first-order valence-corrected chi connectivity index (χ1v) is 6.57. The van der Waals surface area contributed by atoms with E-state index in [9.17, 15) is 0 Å². The van der Waals surface area contributed by atoms with Gasteiger partial charge in [-0.2, -0.15) is 0 Å². The van der Waals surface area contributed by atoms with E-state index in [2.05, 4.69) is 20.9 Å². The van der Waals surface area contributed by atoms with Crippen LogP contribution >= 0.6 is 0 Å². The second-order valence-corrected chi connectivity index (χ2v) is 5.11. The monoisotopic (exact) mass is 254 g/mol. The molecule has 0 unspecified atom stereocenters. The predicted octanol–water partition coefficient (Wildman–Crippen LogP) is 2.24. The molecule has 1 aliphatic rings. The Hall–Kier alpha value is -2.10. The molecule has 2 heterocycles. The maximum atomic E-state index is 6.07. The maximum Gasteiger partial charge on any atom is 0.226 e. The molecule has 4 nitrogen and oxygen atoms in total. The summed E-state index contributed by atoms with van der Waals surface area (Å²) in [5.74, 6) is 0.811. The van der Waals surface area contributed by atoms with Crippen molar-refractivity contribution in [3.63, 3.8) is 0 Å². The summed E-state index contributed by atoms with van der Waals surface area (Å²) in [6.07, 6.45) is 0.997. The number of nitrogen functional groups attached to an aromatic ring is 1. The van der Waals surface area contributed by atoms with Crippen LogP contribution in [-0.4, -0.2) is 16.5 Å². The molecule has 4 heteroatoms. The lowest BCUT2D eigenvalue weighted by Gasteiger charge is -2.30. The van der Waals surface area contributed by atoms with Crippen molar-refractivity contribution >= 4 is 11.6 Å². The summed E-state index contributed by atoms with van der Waals surface area (Å²) in [7, 11) is 0. The Kier molecular flexibility index (Phi) is 2.85. The molecule has 0 saturated carbocycles. The average molecular weight is 254 g/mol. The molecule has 1 aliphatic heterocycles. The Bertz CT molecular complexity index is 601. The van der Waals surface area contributed by atoms with Crippen LogP contribution < -0.4 is 10.6 Å². The second-order valence-electron chi connectivity index (χ2n) is 5.11. The van der Waals surface area contributed by atoms with Crippen LogP contribution in [0.5, 0.6) is 0 Å². The minimum absolute atomic E-state index is 0.797. The summed E-state index contributed by atoms with van der Waals surface area (Å²) < 4.78 is 0. The highest BCUT2D eigenvalue weighted by atomic mass is 15.3. The zero-order valence-electron chi connectivity index (χ0n) is 11.3. The third-order valence-corrected chi connectivity index (χ3v) is 3.56. The van der Waals surface area contributed by atoms with E-state index in [0.29, 0.717) is 0 Å². The van der Waals surface area contributed by atoms with Crippen LogP contribution in [0, 0.1) is 13.8 Å². The summed E-state index contributed by atoms with van der Waals surface area (Å²) in [5, 5.41) is 0. The normalized spacial score (nSPS) is 14.3. The third-order valence-electron chi connectivity index (χ3n) is 3.56. The van der Waals surface area contributed by atoms with Crippen molar-refractivity contribution in [1.29, 1.82) is 0 Å². The van der Waals surface area contributed by atoms with Gasteiger partial charge >= 0.3 is 0 Å². The van der Waals surface area contributed by atoms with Gasteiger partial charge in [0, 0.05) is 30.2 Å². The van der Waals surface area contributed by atoms with Crippen molar-refractivity contribution in [3.05, 3.63) is 46.8 Å². The fraction of sp³-hybridized carbons (Fsp3) is 0.333. The molecule has 0 atom stereocenters. The molecule has 0 radical (unpaired) electrons. The van der Waals surface area contributed by atoms with E-state index in [0.717, 1.165) is 42.5 Å². The van der Waals surface area contributed by atoms with Gasteiger partial charge in [0.1, 0.15) is 0 Å². The fourth-order valence-corrected chi connectivity index (χ4v) is 2.63. The van der Waals surface area contributed by atoms with Crippen LogP contribution in [0.2, 0.25) is 0 Å². The average Bonchev–Trinajstić information content (AvgIpc) is 2.38. The van der Waals surface area contributed by atoms with Gasteiger partial charge in [-0.1, -0.05) is 12.1 Å². The van der Waals surface area contributed by atoms with Crippen molar-refractivity contribution in [2.24, 2.45) is 0 Å². The quantitative estimate of drug-likeness (QED) is 0.793. The summed E-state index contributed by atoms with van der Waals surface area (Å²) >= 11 is 0. The van der Waals surface area contributed by atoms with E-state index >= 15 is 0 Å². The first kappa shape index (κ1) is 12.0. The van der Waals surface area contributed by atoms with Crippen molar-refractivity contribution < 1.29 is 0 Å². The Labute approximate surface area is 113 Å². The number of hydrogen-bond acceptors (Lipinski definition) is 4. The van der Waals surface area contributed by atoms with Gasteiger partial charge < -0.3 is 10.6 Å². The molecule has 0 saturated heterocycles. The summed E-state index contributed by atoms with van der Waals surface area (Å²) in [6.45, 7) is 5.75. The predicted molar refractivity (Wildman–Crippen MR) is 77.1 cm³/mol. The molecule has 0 spiro atoms. The van der Waals surface area contributed by atoms with Crippen LogP contribution in [0.3, 0.4) is 0 Å². The zero-order valence-corrected chi connectivity index (χ0v) is 11.3. The Balaban J connectivity index is 1.95. The molecule has 1 aromatic heterocycles. The lowest BCUT2D eigenvalue weighted by Crippen LogP contribution is -2.32. The Morgan fingerprint density at radius 2 is 1.89 bits per heavy atom. The topological polar surface area (TPSA) is 55.0 Å². The van der Waals surface area contributed by atoms with Crippen molar-refractivity contribution in [3.8, 4) is 0 Å².